The number of carbonyl (C=O) groups is 3. The second-order valence-electron chi connectivity index (χ2n) is 11.3. The van der Waals surface area contributed by atoms with E-state index in [-0.39, 0.29) is 30.7 Å². The van der Waals surface area contributed by atoms with Crippen LogP contribution in [-0.4, -0.2) is 64.9 Å². The van der Waals surface area contributed by atoms with Gasteiger partial charge in [-0.3, -0.25) is 14.4 Å². The van der Waals surface area contributed by atoms with E-state index in [4.69, 9.17) is 9.47 Å². The first-order chi connectivity index (χ1) is 22.3. The van der Waals surface area contributed by atoms with Gasteiger partial charge in [0.15, 0.2) is 5.78 Å². The standard InChI is InChI=1S/C35H38BN3O7/c40-32-19-12-24-8-13-27(14-9-24)45-20-4-5-21-46-28-15-10-26(11-16-28)22-31(38-34(41)30-18-17-29(32)37-30)35(42)39-33(36(43)44)23-25-6-2-1-3-7-25/h1-3,6-11,13-18,31,33,37,43-44H,4-5,12,19-23H2,(H,38,41)(H,39,42)/t31-,33+/m1/s1. The molecule has 0 saturated carbocycles. The summed E-state index contributed by atoms with van der Waals surface area (Å²) in [6.45, 7) is 1.07. The molecule has 4 aromatic rings. The number of ketones is 1. The Hall–Kier alpha value is -4.87. The number of hydrogen-bond donors (Lipinski definition) is 5. The van der Waals surface area contributed by atoms with Gasteiger partial charge in [0.25, 0.3) is 5.91 Å². The number of ether oxygens (including phenoxy) is 2. The normalized spacial score (nSPS) is 16.8. The Morgan fingerprint density at radius 3 is 2.04 bits per heavy atom. The van der Waals surface area contributed by atoms with Gasteiger partial charge >= 0.3 is 7.12 Å². The number of amides is 2. The summed E-state index contributed by atoms with van der Waals surface area (Å²) in [5, 5.41) is 25.6. The molecule has 11 heteroatoms. The predicted molar refractivity (Wildman–Crippen MR) is 174 cm³/mol. The molecule has 6 bridgehead atoms. The third kappa shape index (κ3) is 9.32. The van der Waals surface area contributed by atoms with Crippen molar-refractivity contribution in [2.24, 2.45) is 0 Å². The SMILES string of the molecule is O=C1CCc2ccc(cc2)OCCCCOc2ccc(cc2)C[C@H](C(=O)N[C@@H](Cc2ccccc2)B(O)O)NC(=O)c2ccc1[nH]2. The van der Waals surface area contributed by atoms with Crippen LogP contribution in [0.5, 0.6) is 11.5 Å². The Bertz CT molecular complexity index is 1590. The van der Waals surface area contributed by atoms with Crippen LogP contribution in [0.2, 0.25) is 0 Å². The number of Topliss-reactive ketones (excluding diaryl/α,β-unsaturated/α-hetero) is 1. The van der Waals surface area contributed by atoms with Gasteiger partial charge < -0.3 is 35.1 Å². The molecule has 0 unspecified atom stereocenters. The fourth-order valence-electron chi connectivity index (χ4n) is 5.20. The zero-order valence-corrected chi connectivity index (χ0v) is 25.5. The molecule has 0 fully saturated rings. The molecule has 4 aliphatic heterocycles. The summed E-state index contributed by atoms with van der Waals surface area (Å²) in [6, 6.07) is 26.1. The van der Waals surface area contributed by atoms with Crippen LogP contribution in [0.15, 0.2) is 91.0 Å². The first-order valence-electron chi connectivity index (χ1n) is 15.5. The van der Waals surface area contributed by atoms with E-state index in [0.29, 0.717) is 31.1 Å². The molecule has 46 heavy (non-hydrogen) atoms. The van der Waals surface area contributed by atoms with E-state index in [1.807, 2.05) is 66.7 Å². The number of aryl methyl sites for hydroxylation is 1. The Morgan fingerprint density at radius 1 is 0.804 bits per heavy atom. The molecule has 0 aliphatic carbocycles. The fourth-order valence-corrected chi connectivity index (χ4v) is 5.20. The Balaban J connectivity index is 1.35. The molecule has 10 nitrogen and oxygen atoms in total. The monoisotopic (exact) mass is 623 g/mol. The summed E-state index contributed by atoms with van der Waals surface area (Å²) in [6.07, 6.45) is 2.69. The van der Waals surface area contributed by atoms with Crippen LogP contribution in [0, 0.1) is 0 Å². The highest BCUT2D eigenvalue weighted by Gasteiger charge is 2.30. The molecule has 4 aliphatic rings. The molecule has 3 aromatic carbocycles. The van der Waals surface area contributed by atoms with Crippen LogP contribution >= 0.6 is 0 Å². The molecule has 8 rings (SSSR count). The van der Waals surface area contributed by atoms with Crippen LogP contribution in [0.4, 0.5) is 0 Å². The summed E-state index contributed by atoms with van der Waals surface area (Å²) in [5.74, 6) is -0.872. The smallest absolute Gasteiger partial charge is 0.475 e. The number of carbonyl (C=O) groups excluding carboxylic acids is 3. The van der Waals surface area contributed by atoms with Crippen molar-refractivity contribution >= 4 is 24.7 Å². The van der Waals surface area contributed by atoms with Crippen molar-refractivity contribution in [3.63, 3.8) is 0 Å². The lowest BCUT2D eigenvalue weighted by atomic mass is 9.75. The van der Waals surface area contributed by atoms with Crippen molar-refractivity contribution in [2.45, 2.75) is 50.5 Å². The molecule has 1 aromatic heterocycles. The van der Waals surface area contributed by atoms with Gasteiger partial charge in [-0.05, 0) is 78.8 Å². The van der Waals surface area contributed by atoms with E-state index in [0.717, 1.165) is 35.3 Å². The summed E-state index contributed by atoms with van der Waals surface area (Å²) in [4.78, 5) is 42.7. The third-order valence-corrected chi connectivity index (χ3v) is 7.84. The molecule has 5 heterocycles. The summed E-state index contributed by atoms with van der Waals surface area (Å²) >= 11 is 0. The molecule has 0 spiro atoms. The first kappa shape index (κ1) is 32.5. The maximum Gasteiger partial charge on any atom is 0.475 e. The summed E-state index contributed by atoms with van der Waals surface area (Å²) < 4.78 is 11.7. The topological polar surface area (TPSA) is 150 Å². The fraction of sp³-hybridized carbons (Fsp3) is 0.286. The van der Waals surface area contributed by atoms with Gasteiger partial charge in [0.1, 0.15) is 23.2 Å². The molecule has 238 valence electrons. The Kier molecular flexibility index (Phi) is 11.3. The number of aromatic amines is 1. The minimum Gasteiger partial charge on any atom is -0.494 e. The van der Waals surface area contributed by atoms with E-state index in [9.17, 15) is 24.4 Å². The second-order valence-corrected chi connectivity index (χ2v) is 11.3. The quantitative estimate of drug-likeness (QED) is 0.214. The van der Waals surface area contributed by atoms with Gasteiger partial charge in [-0.15, -0.1) is 0 Å². The number of aromatic nitrogens is 1. The van der Waals surface area contributed by atoms with Gasteiger partial charge in [-0.25, -0.2) is 0 Å². The second kappa shape index (κ2) is 15.9. The number of nitrogens with one attached hydrogen (secondary N) is 3. The highest BCUT2D eigenvalue weighted by atomic mass is 16.5. The summed E-state index contributed by atoms with van der Waals surface area (Å²) in [5.41, 5.74) is 2.98. The molecule has 2 atom stereocenters. The molecular weight excluding hydrogens is 585 g/mol. The van der Waals surface area contributed by atoms with Crippen molar-refractivity contribution in [1.82, 2.24) is 15.6 Å². The van der Waals surface area contributed by atoms with Crippen molar-refractivity contribution < 1.29 is 33.9 Å². The molecular formula is C35H38BN3O7. The number of benzene rings is 3. The van der Waals surface area contributed by atoms with Crippen molar-refractivity contribution in [3.05, 3.63) is 119 Å². The van der Waals surface area contributed by atoms with Crippen LogP contribution in [0.1, 0.15) is 56.9 Å². The Morgan fingerprint density at radius 2 is 1.41 bits per heavy atom. The highest BCUT2D eigenvalue weighted by Crippen LogP contribution is 2.18. The average Bonchev–Trinajstić information content (AvgIpc) is 3.57. The van der Waals surface area contributed by atoms with E-state index in [2.05, 4.69) is 15.6 Å². The van der Waals surface area contributed by atoms with Crippen molar-refractivity contribution in [1.29, 1.82) is 0 Å². The number of rotatable bonds is 5. The number of H-pyrrole nitrogens is 1. The van der Waals surface area contributed by atoms with Gasteiger partial charge in [0, 0.05) is 12.8 Å². The largest absolute Gasteiger partial charge is 0.494 e. The van der Waals surface area contributed by atoms with Crippen molar-refractivity contribution in [3.8, 4) is 11.5 Å². The van der Waals surface area contributed by atoms with Crippen molar-refractivity contribution in [2.75, 3.05) is 13.2 Å². The third-order valence-electron chi connectivity index (χ3n) is 7.84. The zero-order chi connectivity index (χ0) is 32.3. The van der Waals surface area contributed by atoms with Gasteiger partial charge in [0.05, 0.1) is 24.8 Å². The predicted octanol–water partition coefficient (Wildman–Crippen LogP) is 3.46. The number of hydrogen-bond acceptors (Lipinski definition) is 7. The molecule has 2 amide bonds. The van der Waals surface area contributed by atoms with Crippen LogP contribution < -0.4 is 20.1 Å². The van der Waals surface area contributed by atoms with Crippen LogP contribution in [0.25, 0.3) is 0 Å². The maximum absolute atomic E-state index is 13.6. The highest BCUT2D eigenvalue weighted by molar-refractivity contribution is 6.43. The van der Waals surface area contributed by atoms with Gasteiger partial charge in [0.2, 0.25) is 5.91 Å². The minimum atomic E-state index is -1.83. The molecule has 5 N–H and O–H groups in total. The lowest BCUT2D eigenvalue weighted by molar-refractivity contribution is -0.123. The zero-order valence-electron chi connectivity index (χ0n) is 25.5. The summed E-state index contributed by atoms with van der Waals surface area (Å²) in [7, 11) is -1.83. The maximum atomic E-state index is 13.6. The van der Waals surface area contributed by atoms with E-state index in [1.54, 1.807) is 18.2 Å². The van der Waals surface area contributed by atoms with Crippen LogP contribution in [0.3, 0.4) is 0 Å². The molecule has 0 saturated heterocycles. The molecule has 0 radical (unpaired) electrons. The Labute approximate surface area is 268 Å². The van der Waals surface area contributed by atoms with E-state index in [1.165, 1.54) is 6.07 Å². The van der Waals surface area contributed by atoms with Gasteiger partial charge in [-0.2, -0.15) is 0 Å². The van der Waals surface area contributed by atoms with Gasteiger partial charge in [-0.1, -0.05) is 54.6 Å². The minimum absolute atomic E-state index is 0.125. The lowest BCUT2D eigenvalue weighted by Gasteiger charge is -2.23. The van der Waals surface area contributed by atoms with Crippen LogP contribution in [-0.2, 0) is 24.1 Å². The van der Waals surface area contributed by atoms with E-state index >= 15 is 0 Å². The van der Waals surface area contributed by atoms with E-state index < -0.39 is 30.9 Å². The first-order valence-corrected chi connectivity index (χ1v) is 15.5. The lowest BCUT2D eigenvalue weighted by Crippen LogP contribution is -2.55. The average molecular weight is 624 g/mol.